The molecule has 0 spiro atoms. The van der Waals surface area contributed by atoms with Gasteiger partial charge in [0, 0.05) is 25.1 Å². The normalized spacial score (nSPS) is 15.7. The molecule has 0 bridgehead atoms. The summed E-state index contributed by atoms with van der Waals surface area (Å²) in [6, 6.07) is 1.71. The van der Waals surface area contributed by atoms with Gasteiger partial charge in [-0.1, -0.05) is 10.3 Å². The first kappa shape index (κ1) is 15.6. The molecule has 0 radical (unpaired) electrons. The van der Waals surface area contributed by atoms with Gasteiger partial charge in [0.25, 0.3) is 5.71 Å². The van der Waals surface area contributed by atoms with E-state index in [0.717, 1.165) is 42.8 Å². The van der Waals surface area contributed by atoms with Crippen molar-refractivity contribution in [3.63, 3.8) is 0 Å². The molecular weight excluding hydrogens is 324 g/mol. The van der Waals surface area contributed by atoms with Crippen LogP contribution in [0.2, 0.25) is 0 Å². The SMILES string of the molecule is Cc1cc(NC(=O)C2CCN(c3ncnc4onc(C)c34)CC2)no1. The average molecular weight is 342 g/mol. The summed E-state index contributed by atoms with van der Waals surface area (Å²) in [6.45, 7) is 5.12. The summed E-state index contributed by atoms with van der Waals surface area (Å²) in [5.41, 5.74) is 1.26. The summed E-state index contributed by atoms with van der Waals surface area (Å²) in [5, 5.41) is 11.4. The summed E-state index contributed by atoms with van der Waals surface area (Å²) in [4.78, 5) is 23.0. The molecule has 3 aromatic rings. The van der Waals surface area contributed by atoms with Crippen LogP contribution in [0.5, 0.6) is 0 Å². The highest BCUT2D eigenvalue weighted by atomic mass is 16.5. The monoisotopic (exact) mass is 342 g/mol. The van der Waals surface area contributed by atoms with Crippen LogP contribution in [-0.4, -0.2) is 39.3 Å². The van der Waals surface area contributed by atoms with Crippen LogP contribution in [0.1, 0.15) is 24.3 Å². The van der Waals surface area contributed by atoms with E-state index in [1.807, 2.05) is 6.92 Å². The zero-order valence-electron chi connectivity index (χ0n) is 14.0. The Bertz CT molecular complexity index is 910. The number of hydrogen-bond acceptors (Lipinski definition) is 8. The van der Waals surface area contributed by atoms with Crippen molar-refractivity contribution in [2.75, 3.05) is 23.3 Å². The molecule has 0 atom stereocenters. The van der Waals surface area contributed by atoms with Gasteiger partial charge in [0.05, 0.1) is 5.69 Å². The fraction of sp³-hybridized carbons (Fsp3) is 0.438. The summed E-state index contributed by atoms with van der Waals surface area (Å²) in [5.74, 6) is 1.86. The minimum absolute atomic E-state index is 0.0260. The molecule has 4 heterocycles. The molecule has 1 aliphatic rings. The van der Waals surface area contributed by atoms with Crippen LogP contribution in [-0.2, 0) is 4.79 Å². The van der Waals surface area contributed by atoms with Crippen molar-refractivity contribution in [3.8, 4) is 0 Å². The molecule has 1 N–H and O–H groups in total. The van der Waals surface area contributed by atoms with Gasteiger partial charge >= 0.3 is 0 Å². The third-order valence-electron chi connectivity index (χ3n) is 4.47. The maximum Gasteiger partial charge on any atom is 0.263 e. The van der Waals surface area contributed by atoms with Gasteiger partial charge in [0.15, 0.2) is 5.82 Å². The summed E-state index contributed by atoms with van der Waals surface area (Å²) < 4.78 is 10.2. The minimum Gasteiger partial charge on any atom is -0.360 e. The molecule has 1 saturated heterocycles. The molecule has 1 fully saturated rings. The molecule has 130 valence electrons. The third kappa shape index (κ3) is 2.92. The number of hydrogen-bond donors (Lipinski definition) is 1. The molecule has 0 unspecified atom stereocenters. The molecule has 1 aliphatic heterocycles. The lowest BCUT2D eigenvalue weighted by Crippen LogP contribution is -2.38. The smallest absolute Gasteiger partial charge is 0.263 e. The average Bonchev–Trinajstić information content (AvgIpc) is 3.21. The van der Waals surface area contributed by atoms with Crippen LogP contribution in [0.3, 0.4) is 0 Å². The van der Waals surface area contributed by atoms with E-state index in [1.165, 1.54) is 6.33 Å². The van der Waals surface area contributed by atoms with E-state index in [-0.39, 0.29) is 11.8 Å². The van der Waals surface area contributed by atoms with Gasteiger partial charge in [-0.2, -0.15) is 4.98 Å². The zero-order chi connectivity index (χ0) is 17.4. The number of carbonyl (C=O) groups is 1. The number of carbonyl (C=O) groups excluding carboxylic acids is 1. The van der Waals surface area contributed by atoms with Gasteiger partial charge in [-0.05, 0) is 26.7 Å². The summed E-state index contributed by atoms with van der Waals surface area (Å²) in [7, 11) is 0. The van der Waals surface area contributed by atoms with Crippen molar-refractivity contribution in [2.45, 2.75) is 26.7 Å². The number of anilines is 2. The lowest BCUT2D eigenvalue weighted by atomic mass is 9.95. The summed E-state index contributed by atoms with van der Waals surface area (Å²) >= 11 is 0. The Morgan fingerprint density at radius 1 is 1.20 bits per heavy atom. The Kier molecular flexibility index (Phi) is 3.83. The molecule has 4 rings (SSSR count). The van der Waals surface area contributed by atoms with Crippen molar-refractivity contribution in [1.82, 2.24) is 20.3 Å². The second kappa shape index (κ2) is 6.15. The fourth-order valence-corrected chi connectivity index (χ4v) is 3.15. The predicted molar refractivity (Wildman–Crippen MR) is 89.1 cm³/mol. The Hall–Kier alpha value is -2.97. The largest absolute Gasteiger partial charge is 0.360 e. The Morgan fingerprint density at radius 3 is 2.72 bits per heavy atom. The Morgan fingerprint density at radius 2 is 2.00 bits per heavy atom. The van der Waals surface area contributed by atoms with Gasteiger partial charge in [-0.25, -0.2) is 4.98 Å². The third-order valence-corrected chi connectivity index (χ3v) is 4.47. The standard InChI is InChI=1S/C16H18N6O3/c1-9-7-12(21-24-9)19-15(23)11-3-5-22(6-4-11)14-13-10(2)20-25-16(13)18-8-17-14/h7-8,11H,3-6H2,1-2H3,(H,19,21,23). The van der Waals surface area contributed by atoms with Crippen LogP contribution in [0.25, 0.3) is 11.1 Å². The van der Waals surface area contributed by atoms with Crippen molar-refractivity contribution >= 4 is 28.6 Å². The van der Waals surface area contributed by atoms with E-state index in [4.69, 9.17) is 9.05 Å². The molecular formula is C16H18N6O3. The van der Waals surface area contributed by atoms with E-state index in [1.54, 1.807) is 13.0 Å². The maximum atomic E-state index is 12.4. The minimum atomic E-state index is -0.0610. The van der Waals surface area contributed by atoms with E-state index in [2.05, 4.69) is 30.5 Å². The van der Waals surface area contributed by atoms with Crippen LogP contribution < -0.4 is 10.2 Å². The number of nitrogens with one attached hydrogen (secondary N) is 1. The molecule has 9 nitrogen and oxygen atoms in total. The maximum absolute atomic E-state index is 12.4. The number of rotatable bonds is 3. The topological polar surface area (TPSA) is 110 Å². The van der Waals surface area contributed by atoms with Crippen LogP contribution in [0.15, 0.2) is 21.4 Å². The second-order valence-corrected chi connectivity index (χ2v) is 6.22. The first-order valence-corrected chi connectivity index (χ1v) is 8.18. The molecule has 1 amide bonds. The lowest BCUT2D eigenvalue weighted by Gasteiger charge is -2.32. The van der Waals surface area contributed by atoms with Gasteiger partial charge in [0.1, 0.15) is 23.3 Å². The van der Waals surface area contributed by atoms with E-state index >= 15 is 0 Å². The highest BCUT2D eigenvalue weighted by Gasteiger charge is 2.28. The lowest BCUT2D eigenvalue weighted by molar-refractivity contribution is -0.120. The van der Waals surface area contributed by atoms with Gasteiger partial charge < -0.3 is 19.3 Å². The van der Waals surface area contributed by atoms with Crippen LogP contribution in [0.4, 0.5) is 11.6 Å². The number of fused-ring (bicyclic) bond motifs is 1. The first-order valence-electron chi connectivity index (χ1n) is 8.18. The quantitative estimate of drug-likeness (QED) is 0.770. The highest BCUT2D eigenvalue weighted by molar-refractivity contribution is 5.92. The van der Waals surface area contributed by atoms with E-state index in [9.17, 15) is 4.79 Å². The van der Waals surface area contributed by atoms with Crippen LogP contribution >= 0.6 is 0 Å². The number of nitrogens with zero attached hydrogens (tertiary/aromatic N) is 5. The molecule has 25 heavy (non-hydrogen) atoms. The molecule has 3 aromatic heterocycles. The molecule has 0 saturated carbocycles. The predicted octanol–water partition coefficient (Wildman–Crippen LogP) is 2.08. The van der Waals surface area contributed by atoms with Gasteiger partial charge in [0.2, 0.25) is 5.91 Å². The molecule has 9 heteroatoms. The van der Waals surface area contributed by atoms with Crippen molar-refractivity contribution in [2.24, 2.45) is 5.92 Å². The Labute approximate surface area is 143 Å². The van der Waals surface area contributed by atoms with Crippen molar-refractivity contribution in [1.29, 1.82) is 0 Å². The summed E-state index contributed by atoms with van der Waals surface area (Å²) in [6.07, 6.45) is 2.95. The zero-order valence-corrected chi connectivity index (χ0v) is 14.0. The van der Waals surface area contributed by atoms with Gasteiger partial charge in [-0.15, -0.1) is 0 Å². The molecule has 0 aromatic carbocycles. The van der Waals surface area contributed by atoms with Gasteiger partial charge in [-0.3, -0.25) is 4.79 Å². The second-order valence-electron chi connectivity index (χ2n) is 6.22. The number of amides is 1. The van der Waals surface area contributed by atoms with E-state index < -0.39 is 0 Å². The highest BCUT2D eigenvalue weighted by Crippen LogP contribution is 2.29. The number of aryl methyl sites for hydroxylation is 2. The first-order chi connectivity index (χ1) is 12.1. The molecule has 0 aliphatic carbocycles. The Balaban J connectivity index is 1.44. The van der Waals surface area contributed by atoms with Crippen molar-refractivity contribution < 1.29 is 13.8 Å². The van der Waals surface area contributed by atoms with Crippen LogP contribution in [0, 0.1) is 19.8 Å². The fourth-order valence-electron chi connectivity index (χ4n) is 3.15. The number of piperidine rings is 1. The van der Waals surface area contributed by atoms with Crippen molar-refractivity contribution in [3.05, 3.63) is 23.8 Å². The van der Waals surface area contributed by atoms with E-state index in [0.29, 0.717) is 17.3 Å². The number of aromatic nitrogens is 4.